The van der Waals surface area contributed by atoms with Crippen LogP contribution < -0.4 is 5.32 Å². The molecule has 0 fully saturated rings. The second-order valence-electron chi connectivity index (χ2n) is 4.81. The summed E-state index contributed by atoms with van der Waals surface area (Å²) in [7, 11) is 1.42. The molecule has 0 saturated heterocycles. The van der Waals surface area contributed by atoms with E-state index in [0.29, 0.717) is 13.0 Å². The molecule has 2 aromatic rings. The maximum atomic E-state index is 11.6. The van der Waals surface area contributed by atoms with Crippen molar-refractivity contribution in [1.29, 1.82) is 0 Å². The minimum atomic E-state index is -0.206. The highest BCUT2D eigenvalue weighted by atomic mass is 32.1. The van der Waals surface area contributed by atoms with Gasteiger partial charge in [-0.2, -0.15) is 0 Å². The Kier molecular flexibility index (Phi) is 5.95. The van der Waals surface area contributed by atoms with Crippen molar-refractivity contribution in [2.75, 3.05) is 7.11 Å². The minimum absolute atomic E-state index is 0.0255. The predicted octanol–water partition coefficient (Wildman–Crippen LogP) is 2.75. The number of nitrogens with zero attached hydrogens (tertiary/aromatic N) is 2. The van der Waals surface area contributed by atoms with Crippen LogP contribution in [-0.4, -0.2) is 22.6 Å². The van der Waals surface area contributed by atoms with E-state index in [9.17, 15) is 4.79 Å². The number of ether oxygens (including phenoxy) is 1. The van der Waals surface area contributed by atoms with Crippen LogP contribution in [0.5, 0.6) is 0 Å². The van der Waals surface area contributed by atoms with Gasteiger partial charge in [0.25, 0.3) is 0 Å². The Morgan fingerprint density at radius 1 is 1.57 bits per heavy atom. The average Bonchev–Trinajstić information content (AvgIpc) is 3.15. The van der Waals surface area contributed by atoms with E-state index in [1.807, 2.05) is 30.0 Å². The van der Waals surface area contributed by atoms with Crippen LogP contribution in [0.1, 0.15) is 36.4 Å². The Labute approximate surface area is 129 Å². The van der Waals surface area contributed by atoms with Gasteiger partial charge in [-0.15, -0.1) is 11.3 Å². The number of carbonyl (C=O) groups excluding carboxylic acids is 1. The number of aryl methyl sites for hydroxylation is 1. The Balaban J connectivity index is 2.01. The molecule has 2 aromatic heterocycles. The summed E-state index contributed by atoms with van der Waals surface area (Å²) in [6.45, 7) is 3.78. The number of carbonyl (C=O) groups is 1. The second kappa shape index (κ2) is 7.95. The molecule has 0 radical (unpaired) electrons. The van der Waals surface area contributed by atoms with Crippen molar-refractivity contribution < 1.29 is 9.53 Å². The summed E-state index contributed by atoms with van der Waals surface area (Å²) in [6.07, 6.45) is 5.12. The summed E-state index contributed by atoms with van der Waals surface area (Å²) in [5.74, 6) is -0.206. The zero-order valence-corrected chi connectivity index (χ0v) is 13.2. The van der Waals surface area contributed by atoms with Gasteiger partial charge in [0.2, 0.25) is 0 Å². The zero-order valence-electron chi connectivity index (χ0n) is 12.4. The second-order valence-corrected chi connectivity index (χ2v) is 5.79. The first-order chi connectivity index (χ1) is 10.2. The van der Waals surface area contributed by atoms with Crippen molar-refractivity contribution in [3.8, 4) is 0 Å². The van der Waals surface area contributed by atoms with Crippen LogP contribution in [0.2, 0.25) is 0 Å². The number of esters is 1. The molecule has 0 aliphatic rings. The molecule has 5 nitrogen and oxygen atoms in total. The molecule has 0 aliphatic heterocycles. The average molecular weight is 307 g/mol. The number of hydrogen-bond acceptors (Lipinski definition) is 5. The van der Waals surface area contributed by atoms with Gasteiger partial charge in [-0.1, -0.05) is 13.0 Å². The smallest absolute Gasteiger partial charge is 0.307 e. The molecule has 0 saturated carbocycles. The topological polar surface area (TPSA) is 56.2 Å². The molecule has 1 unspecified atom stereocenters. The van der Waals surface area contributed by atoms with Crippen LogP contribution in [0, 0.1) is 0 Å². The fourth-order valence-corrected chi connectivity index (χ4v) is 2.98. The molecule has 2 heterocycles. The highest BCUT2D eigenvalue weighted by molar-refractivity contribution is 7.10. The summed E-state index contributed by atoms with van der Waals surface area (Å²) in [4.78, 5) is 16.9. The maximum Gasteiger partial charge on any atom is 0.307 e. The molecule has 0 aliphatic carbocycles. The van der Waals surface area contributed by atoms with E-state index in [1.54, 1.807) is 11.3 Å². The van der Waals surface area contributed by atoms with Gasteiger partial charge in [0.05, 0.1) is 31.6 Å². The monoisotopic (exact) mass is 307 g/mol. The third-order valence-electron chi connectivity index (χ3n) is 3.28. The van der Waals surface area contributed by atoms with Crippen molar-refractivity contribution in [1.82, 2.24) is 14.9 Å². The van der Waals surface area contributed by atoms with Crippen LogP contribution in [-0.2, 0) is 22.6 Å². The molecule has 1 N–H and O–H groups in total. The fourth-order valence-electron chi connectivity index (χ4n) is 2.18. The van der Waals surface area contributed by atoms with Gasteiger partial charge in [-0.25, -0.2) is 4.98 Å². The van der Waals surface area contributed by atoms with Gasteiger partial charge in [0.1, 0.15) is 0 Å². The van der Waals surface area contributed by atoms with Gasteiger partial charge < -0.3 is 14.6 Å². The third-order valence-corrected chi connectivity index (χ3v) is 4.26. The van der Waals surface area contributed by atoms with E-state index < -0.39 is 0 Å². The summed E-state index contributed by atoms with van der Waals surface area (Å²) in [5, 5.41) is 5.45. The molecule has 0 bridgehead atoms. The molecule has 2 rings (SSSR count). The van der Waals surface area contributed by atoms with Crippen LogP contribution in [0.3, 0.4) is 0 Å². The SMILES string of the molecule is CCCn1cncc1CNC(CC(=O)OC)c1cccs1. The van der Waals surface area contributed by atoms with Crippen molar-refractivity contribution in [3.05, 3.63) is 40.6 Å². The predicted molar refractivity (Wildman–Crippen MR) is 83.1 cm³/mol. The number of nitrogens with one attached hydrogen (secondary N) is 1. The lowest BCUT2D eigenvalue weighted by Gasteiger charge is -2.17. The lowest BCUT2D eigenvalue weighted by Crippen LogP contribution is -2.24. The van der Waals surface area contributed by atoms with E-state index in [0.717, 1.165) is 23.5 Å². The Morgan fingerprint density at radius 3 is 3.10 bits per heavy atom. The number of rotatable bonds is 8. The third kappa shape index (κ3) is 4.41. The molecular formula is C15H21N3O2S. The van der Waals surface area contributed by atoms with Gasteiger partial charge in [-0.3, -0.25) is 4.79 Å². The quantitative estimate of drug-likeness (QED) is 0.762. The maximum absolute atomic E-state index is 11.6. The van der Waals surface area contributed by atoms with E-state index in [1.165, 1.54) is 7.11 Å². The van der Waals surface area contributed by atoms with Crippen LogP contribution in [0.25, 0.3) is 0 Å². The summed E-state index contributed by atoms with van der Waals surface area (Å²) in [5.41, 5.74) is 1.13. The summed E-state index contributed by atoms with van der Waals surface area (Å²) < 4.78 is 6.92. The lowest BCUT2D eigenvalue weighted by atomic mass is 10.1. The molecule has 114 valence electrons. The standard InChI is InChI=1S/C15H21N3O2S/c1-3-6-18-11-16-9-12(18)10-17-13(8-15(19)20-2)14-5-4-7-21-14/h4-5,7,9,11,13,17H,3,6,8,10H2,1-2H3. The van der Waals surface area contributed by atoms with Crippen molar-refractivity contribution in [2.24, 2.45) is 0 Å². The highest BCUT2D eigenvalue weighted by Crippen LogP contribution is 2.23. The number of imidazole rings is 1. The normalized spacial score (nSPS) is 12.3. The van der Waals surface area contributed by atoms with Gasteiger partial charge >= 0.3 is 5.97 Å². The zero-order chi connectivity index (χ0) is 15.1. The van der Waals surface area contributed by atoms with Gasteiger partial charge in [-0.05, 0) is 17.9 Å². The van der Waals surface area contributed by atoms with Gasteiger partial charge in [0.15, 0.2) is 0 Å². The summed E-state index contributed by atoms with van der Waals surface area (Å²) >= 11 is 1.64. The van der Waals surface area contributed by atoms with Crippen molar-refractivity contribution >= 4 is 17.3 Å². The van der Waals surface area contributed by atoms with Crippen LogP contribution in [0.4, 0.5) is 0 Å². The molecule has 1 atom stereocenters. The Bertz CT molecular complexity index is 551. The number of methoxy groups -OCH3 is 1. The molecular weight excluding hydrogens is 286 g/mol. The van der Waals surface area contributed by atoms with Crippen LogP contribution in [0.15, 0.2) is 30.0 Å². The first-order valence-electron chi connectivity index (χ1n) is 7.07. The first-order valence-corrected chi connectivity index (χ1v) is 7.95. The van der Waals surface area contributed by atoms with Crippen LogP contribution >= 0.6 is 11.3 Å². The van der Waals surface area contributed by atoms with E-state index in [4.69, 9.17) is 4.74 Å². The number of aromatic nitrogens is 2. The van der Waals surface area contributed by atoms with E-state index in [-0.39, 0.29) is 12.0 Å². The molecule has 21 heavy (non-hydrogen) atoms. The first kappa shape index (κ1) is 15.7. The molecule has 0 spiro atoms. The van der Waals surface area contributed by atoms with Crippen molar-refractivity contribution in [3.63, 3.8) is 0 Å². The summed E-state index contributed by atoms with van der Waals surface area (Å²) in [6, 6.07) is 4.00. The van der Waals surface area contributed by atoms with Gasteiger partial charge in [0, 0.05) is 24.2 Å². The number of hydrogen-bond donors (Lipinski definition) is 1. The minimum Gasteiger partial charge on any atom is -0.469 e. The Hall–Kier alpha value is -1.66. The van der Waals surface area contributed by atoms with E-state index >= 15 is 0 Å². The Morgan fingerprint density at radius 2 is 2.43 bits per heavy atom. The molecule has 6 heteroatoms. The lowest BCUT2D eigenvalue weighted by molar-refractivity contribution is -0.141. The molecule has 0 amide bonds. The number of thiophene rings is 1. The fraction of sp³-hybridized carbons (Fsp3) is 0.467. The molecule has 0 aromatic carbocycles. The van der Waals surface area contributed by atoms with Crippen molar-refractivity contribution in [2.45, 2.75) is 38.9 Å². The largest absolute Gasteiger partial charge is 0.469 e. The van der Waals surface area contributed by atoms with E-state index in [2.05, 4.69) is 21.8 Å². The highest BCUT2D eigenvalue weighted by Gasteiger charge is 2.17.